The SMILES string of the molecule is CCC(CC)(CO)CNC(C)C(=O)NCCCOC. The Balaban J connectivity index is 4.01. The number of hydrogen-bond acceptors (Lipinski definition) is 4. The topological polar surface area (TPSA) is 70.6 Å². The monoisotopic (exact) mass is 274 g/mol. The molecule has 0 aliphatic rings. The lowest BCUT2D eigenvalue weighted by atomic mass is 9.83. The zero-order valence-electron chi connectivity index (χ0n) is 12.8. The third-order valence-electron chi connectivity index (χ3n) is 3.84. The molecule has 0 radical (unpaired) electrons. The van der Waals surface area contributed by atoms with Crippen LogP contribution in [0.15, 0.2) is 0 Å². The largest absolute Gasteiger partial charge is 0.396 e. The third kappa shape index (κ3) is 6.89. The second-order valence-corrected chi connectivity index (χ2v) is 5.11. The standard InChI is InChI=1S/C14H30N2O3/c1-5-14(6-2,11-17)10-16-12(3)13(18)15-8-7-9-19-4/h12,16-17H,5-11H2,1-4H3,(H,15,18). The second kappa shape index (κ2) is 10.2. The lowest BCUT2D eigenvalue weighted by Gasteiger charge is -2.31. The molecule has 0 saturated heterocycles. The van der Waals surface area contributed by atoms with Gasteiger partial charge in [-0.15, -0.1) is 0 Å². The Morgan fingerprint density at radius 1 is 1.37 bits per heavy atom. The maximum atomic E-state index is 11.8. The van der Waals surface area contributed by atoms with Gasteiger partial charge in [-0.2, -0.15) is 0 Å². The number of rotatable bonds is 11. The molecule has 0 aliphatic heterocycles. The van der Waals surface area contributed by atoms with Crippen LogP contribution < -0.4 is 10.6 Å². The number of ether oxygens (including phenoxy) is 1. The molecule has 19 heavy (non-hydrogen) atoms. The van der Waals surface area contributed by atoms with Gasteiger partial charge in [-0.1, -0.05) is 13.8 Å². The highest BCUT2D eigenvalue weighted by atomic mass is 16.5. The van der Waals surface area contributed by atoms with E-state index in [2.05, 4.69) is 24.5 Å². The molecule has 3 N–H and O–H groups in total. The van der Waals surface area contributed by atoms with E-state index in [1.54, 1.807) is 7.11 Å². The lowest BCUT2D eigenvalue weighted by molar-refractivity contribution is -0.123. The number of hydrogen-bond donors (Lipinski definition) is 3. The number of carbonyl (C=O) groups excluding carboxylic acids is 1. The molecule has 0 fully saturated rings. The Labute approximate surface area is 117 Å². The van der Waals surface area contributed by atoms with Crippen LogP contribution in [0.4, 0.5) is 0 Å². The van der Waals surface area contributed by atoms with Crippen molar-refractivity contribution in [1.82, 2.24) is 10.6 Å². The van der Waals surface area contributed by atoms with Gasteiger partial charge in [0.15, 0.2) is 0 Å². The molecule has 114 valence electrons. The van der Waals surface area contributed by atoms with Crippen LogP contribution in [0.1, 0.15) is 40.0 Å². The molecule has 1 unspecified atom stereocenters. The van der Waals surface area contributed by atoms with Gasteiger partial charge in [-0.05, 0) is 26.2 Å². The van der Waals surface area contributed by atoms with E-state index in [0.29, 0.717) is 19.7 Å². The molecule has 0 rings (SSSR count). The summed E-state index contributed by atoms with van der Waals surface area (Å²) in [4.78, 5) is 11.8. The molecule has 1 amide bonds. The van der Waals surface area contributed by atoms with Crippen LogP contribution >= 0.6 is 0 Å². The summed E-state index contributed by atoms with van der Waals surface area (Å²) in [7, 11) is 1.65. The van der Waals surface area contributed by atoms with E-state index < -0.39 is 0 Å². The summed E-state index contributed by atoms with van der Waals surface area (Å²) in [6, 6.07) is -0.244. The van der Waals surface area contributed by atoms with Gasteiger partial charge in [-0.25, -0.2) is 0 Å². The fraction of sp³-hybridized carbons (Fsp3) is 0.929. The highest BCUT2D eigenvalue weighted by Crippen LogP contribution is 2.24. The zero-order chi connectivity index (χ0) is 14.7. The summed E-state index contributed by atoms with van der Waals surface area (Å²) in [6.07, 6.45) is 2.61. The first kappa shape index (κ1) is 18.4. The van der Waals surface area contributed by atoms with Crippen molar-refractivity contribution in [1.29, 1.82) is 0 Å². The zero-order valence-corrected chi connectivity index (χ0v) is 12.8. The molecule has 0 spiro atoms. The first-order valence-corrected chi connectivity index (χ1v) is 7.16. The molecular formula is C14H30N2O3. The van der Waals surface area contributed by atoms with Crippen LogP contribution in [0.3, 0.4) is 0 Å². The van der Waals surface area contributed by atoms with Crippen molar-refractivity contribution < 1.29 is 14.6 Å². The van der Waals surface area contributed by atoms with Crippen molar-refractivity contribution in [2.75, 3.05) is 33.4 Å². The number of amides is 1. The van der Waals surface area contributed by atoms with E-state index in [1.165, 1.54) is 0 Å². The first-order chi connectivity index (χ1) is 9.05. The van der Waals surface area contributed by atoms with Gasteiger partial charge in [0.05, 0.1) is 6.04 Å². The molecule has 0 heterocycles. The van der Waals surface area contributed by atoms with Crippen LogP contribution in [0.25, 0.3) is 0 Å². The fourth-order valence-corrected chi connectivity index (χ4v) is 1.82. The van der Waals surface area contributed by atoms with Gasteiger partial charge in [0.1, 0.15) is 0 Å². The fourth-order valence-electron chi connectivity index (χ4n) is 1.82. The number of nitrogens with one attached hydrogen (secondary N) is 2. The van der Waals surface area contributed by atoms with E-state index >= 15 is 0 Å². The van der Waals surface area contributed by atoms with E-state index in [-0.39, 0.29) is 24.0 Å². The van der Waals surface area contributed by atoms with E-state index in [1.807, 2.05) is 6.92 Å². The molecule has 1 atom stereocenters. The smallest absolute Gasteiger partial charge is 0.236 e. The van der Waals surface area contributed by atoms with Gasteiger partial charge in [-0.3, -0.25) is 4.79 Å². The van der Waals surface area contributed by atoms with Gasteiger partial charge in [0, 0.05) is 38.8 Å². The van der Waals surface area contributed by atoms with Crippen molar-refractivity contribution in [3.05, 3.63) is 0 Å². The number of methoxy groups -OCH3 is 1. The average Bonchev–Trinajstić information content (AvgIpc) is 2.45. The normalized spacial score (nSPS) is 13.3. The van der Waals surface area contributed by atoms with Crippen molar-refractivity contribution >= 4 is 5.91 Å². The average molecular weight is 274 g/mol. The van der Waals surface area contributed by atoms with Crippen LogP contribution in [-0.4, -0.2) is 50.5 Å². The molecule has 5 heteroatoms. The molecule has 5 nitrogen and oxygen atoms in total. The summed E-state index contributed by atoms with van der Waals surface area (Å²) in [5.74, 6) is -0.00449. The Kier molecular flexibility index (Phi) is 9.83. The third-order valence-corrected chi connectivity index (χ3v) is 3.84. The lowest BCUT2D eigenvalue weighted by Crippen LogP contribution is -2.47. The second-order valence-electron chi connectivity index (χ2n) is 5.11. The van der Waals surface area contributed by atoms with Gasteiger partial charge in [0.25, 0.3) is 0 Å². The van der Waals surface area contributed by atoms with Crippen molar-refractivity contribution in [2.24, 2.45) is 5.41 Å². The van der Waals surface area contributed by atoms with Gasteiger partial charge < -0.3 is 20.5 Å². The van der Waals surface area contributed by atoms with Crippen LogP contribution in [0.2, 0.25) is 0 Å². The van der Waals surface area contributed by atoms with Crippen LogP contribution in [0, 0.1) is 5.41 Å². The number of carbonyl (C=O) groups is 1. The van der Waals surface area contributed by atoms with Crippen molar-refractivity contribution in [3.8, 4) is 0 Å². The van der Waals surface area contributed by atoms with Crippen molar-refractivity contribution in [2.45, 2.75) is 46.1 Å². The minimum atomic E-state index is -0.244. The predicted molar refractivity (Wildman–Crippen MR) is 77.1 cm³/mol. The summed E-state index contributed by atoms with van der Waals surface area (Å²) >= 11 is 0. The summed E-state index contributed by atoms with van der Waals surface area (Å²) < 4.78 is 4.93. The van der Waals surface area contributed by atoms with E-state index in [4.69, 9.17) is 4.74 Å². The van der Waals surface area contributed by atoms with E-state index in [9.17, 15) is 9.90 Å². The Hall–Kier alpha value is -0.650. The maximum Gasteiger partial charge on any atom is 0.236 e. The van der Waals surface area contributed by atoms with Crippen LogP contribution in [0.5, 0.6) is 0 Å². The Morgan fingerprint density at radius 3 is 2.47 bits per heavy atom. The molecule has 0 aromatic heterocycles. The van der Waals surface area contributed by atoms with Crippen LogP contribution in [-0.2, 0) is 9.53 Å². The number of aliphatic hydroxyl groups is 1. The Bertz CT molecular complexity index is 235. The first-order valence-electron chi connectivity index (χ1n) is 7.16. The minimum Gasteiger partial charge on any atom is -0.396 e. The number of aliphatic hydroxyl groups excluding tert-OH is 1. The summed E-state index contributed by atoms with van der Waals surface area (Å²) in [5.41, 5.74) is -0.120. The molecule has 0 aliphatic carbocycles. The summed E-state index contributed by atoms with van der Waals surface area (Å²) in [6.45, 7) is 8.07. The highest BCUT2D eigenvalue weighted by molar-refractivity contribution is 5.81. The molecule has 0 aromatic rings. The van der Waals surface area contributed by atoms with E-state index in [0.717, 1.165) is 19.3 Å². The predicted octanol–water partition coefficient (Wildman–Crippen LogP) is 0.916. The van der Waals surface area contributed by atoms with Crippen molar-refractivity contribution in [3.63, 3.8) is 0 Å². The summed E-state index contributed by atoms with van der Waals surface area (Å²) in [5, 5.41) is 15.6. The highest BCUT2D eigenvalue weighted by Gasteiger charge is 2.26. The maximum absolute atomic E-state index is 11.8. The quantitative estimate of drug-likeness (QED) is 0.490. The molecule has 0 bridgehead atoms. The minimum absolute atomic E-state index is 0.00449. The van der Waals surface area contributed by atoms with Gasteiger partial charge >= 0.3 is 0 Å². The molecule has 0 aromatic carbocycles. The Morgan fingerprint density at radius 2 is 2.00 bits per heavy atom. The van der Waals surface area contributed by atoms with Gasteiger partial charge in [0.2, 0.25) is 5.91 Å². The molecular weight excluding hydrogens is 244 g/mol. The molecule has 0 saturated carbocycles.